The molecule has 0 atom stereocenters. The predicted octanol–water partition coefficient (Wildman–Crippen LogP) is 1.31. The molecular weight excluding hydrogens is 144 g/mol. The maximum Gasteiger partial charge on any atom is 0.117 e. The summed E-state index contributed by atoms with van der Waals surface area (Å²) in [6.07, 6.45) is 0. The Morgan fingerprint density at radius 1 is 1.27 bits per heavy atom. The Kier molecular flexibility index (Phi) is 2.30. The van der Waals surface area contributed by atoms with Gasteiger partial charge in [0.1, 0.15) is 5.69 Å². The van der Waals surface area contributed by atoms with E-state index in [1.54, 1.807) is 31.3 Å². The Labute approximate surface area is 64.6 Å². The molecule has 0 bridgehead atoms. The average Bonchev–Trinajstić information content (AvgIpc) is 2.04. The standard InChI is InChI=1S/C7H10N2O2/c1-8-6-4-2-3-5-7(6)9(10)11/h2-5,8,10-11H,1H3. The van der Waals surface area contributed by atoms with Gasteiger partial charge in [0.15, 0.2) is 0 Å². The minimum absolute atomic E-state index is 0.0891. The maximum absolute atomic E-state index is 8.68. The van der Waals surface area contributed by atoms with E-state index in [1.165, 1.54) is 0 Å². The first-order valence-corrected chi connectivity index (χ1v) is 3.20. The van der Waals surface area contributed by atoms with Gasteiger partial charge in [-0.05, 0) is 12.1 Å². The van der Waals surface area contributed by atoms with Gasteiger partial charge in [-0.25, -0.2) is 0 Å². The lowest BCUT2D eigenvalue weighted by molar-refractivity contribution is 0.0295. The molecule has 0 spiro atoms. The monoisotopic (exact) mass is 154 g/mol. The van der Waals surface area contributed by atoms with Gasteiger partial charge in [-0.2, -0.15) is 0 Å². The number of nitrogens with one attached hydrogen (secondary N) is 1. The van der Waals surface area contributed by atoms with Crippen LogP contribution in [-0.2, 0) is 0 Å². The highest BCUT2D eigenvalue weighted by Crippen LogP contribution is 2.21. The summed E-state index contributed by atoms with van der Waals surface area (Å²) in [5, 5.41) is 20.3. The summed E-state index contributed by atoms with van der Waals surface area (Å²) >= 11 is 0. The molecule has 4 nitrogen and oxygen atoms in total. The van der Waals surface area contributed by atoms with Crippen molar-refractivity contribution in [1.82, 2.24) is 0 Å². The van der Waals surface area contributed by atoms with Gasteiger partial charge >= 0.3 is 0 Å². The van der Waals surface area contributed by atoms with Crippen LogP contribution in [0.5, 0.6) is 0 Å². The van der Waals surface area contributed by atoms with Crippen LogP contribution in [0.2, 0.25) is 0 Å². The van der Waals surface area contributed by atoms with E-state index in [-0.39, 0.29) is 5.23 Å². The van der Waals surface area contributed by atoms with Crippen LogP contribution in [0.1, 0.15) is 0 Å². The molecule has 1 aromatic rings. The number of anilines is 2. The summed E-state index contributed by atoms with van der Waals surface area (Å²) in [5.41, 5.74) is 0.993. The van der Waals surface area contributed by atoms with Crippen molar-refractivity contribution in [3.63, 3.8) is 0 Å². The fourth-order valence-electron chi connectivity index (χ4n) is 0.859. The van der Waals surface area contributed by atoms with Crippen LogP contribution < -0.4 is 10.5 Å². The second-order valence-electron chi connectivity index (χ2n) is 2.06. The van der Waals surface area contributed by atoms with Gasteiger partial charge in [-0.1, -0.05) is 12.1 Å². The minimum atomic E-state index is 0.0891. The summed E-state index contributed by atoms with van der Waals surface area (Å²) in [4.78, 5) is 0. The highest BCUT2D eigenvalue weighted by atomic mass is 16.8. The third kappa shape index (κ3) is 1.60. The van der Waals surface area contributed by atoms with Crippen molar-refractivity contribution in [3.8, 4) is 0 Å². The van der Waals surface area contributed by atoms with E-state index in [2.05, 4.69) is 5.32 Å². The Morgan fingerprint density at radius 3 is 2.36 bits per heavy atom. The molecule has 0 aliphatic carbocycles. The van der Waals surface area contributed by atoms with Crippen molar-refractivity contribution in [2.24, 2.45) is 0 Å². The van der Waals surface area contributed by atoms with E-state index in [1.807, 2.05) is 0 Å². The molecule has 0 aromatic heterocycles. The first-order valence-electron chi connectivity index (χ1n) is 3.20. The third-order valence-electron chi connectivity index (χ3n) is 1.39. The molecule has 60 valence electrons. The fourth-order valence-corrected chi connectivity index (χ4v) is 0.859. The molecule has 0 saturated carbocycles. The number of hydrogen-bond donors (Lipinski definition) is 3. The Morgan fingerprint density at radius 2 is 1.91 bits per heavy atom. The minimum Gasteiger partial charge on any atom is -0.386 e. The first kappa shape index (κ1) is 7.84. The molecule has 3 N–H and O–H groups in total. The molecule has 0 amide bonds. The highest BCUT2D eigenvalue weighted by Gasteiger charge is 2.02. The van der Waals surface area contributed by atoms with Gasteiger partial charge in [0, 0.05) is 7.05 Å². The molecule has 11 heavy (non-hydrogen) atoms. The van der Waals surface area contributed by atoms with E-state index >= 15 is 0 Å². The highest BCUT2D eigenvalue weighted by molar-refractivity contribution is 5.67. The summed E-state index contributed by atoms with van der Waals surface area (Å²) < 4.78 is 0. The Hall–Kier alpha value is -1.26. The average molecular weight is 154 g/mol. The second-order valence-corrected chi connectivity index (χ2v) is 2.06. The van der Waals surface area contributed by atoms with Crippen molar-refractivity contribution in [2.75, 3.05) is 17.6 Å². The van der Waals surface area contributed by atoms with Crippen LogP contribution >= 0.6 is 0 Å². The first-order chi connectivity index (χ1) is 5.25. The zero-order chi connectivity index (χ0) is 8.27. The van der Waals surface area contributed by atoms with Crippen molar-refractivity contribution in [3.05, 3.63) is 24.3 Å². The van der Waals surface area contributed by atoms with Gasteiger partial charge in [0.25, 0.3) is 0 Å². The maximum atomic E-state index is 8.68. The van der Waals surface area contributed by atoms with Crippen molar-refractivity contribution in [1.29, 1.82) is 0 Å². The lowest BCUT2D eigenvalue weighted by Gasteiger charge is -2.11. The van der Waals surface area contributed by atoms with Crippen LogP contribution in [0.4, 0.5) is 11.4 Å². The van der Waals surface area contributed by atoms with E-state index in [0.717, 1.165) is 0 Å². The molecule has 1 aromatic carbocycles. The summed E-state index contributed by atoms with van der Waals surface area (Å²) in [5.74, 6) is 0. The lowest BCUT2D eigenvalue weighted by Crippen LogP contribution is -2.12. The number of rotatable bonds is 2. The van der Waals surface area contributed by atoms with Crippen LogP contribution in [0.15, 0.2) is 24.3 Å². The summed E-state index contributed by atoms with van der Waals surface area (Å²) in [6, 6.07) is 6.86. The Bertz CT molecular complexity index is 238. The zero-order valence-corrected chi connectivity index (χ0v) is 6.15. The zero-order valence-electron chi connectivity index (χ0n) is 6.15. The van der Waals surface area contributed by atoms with Gasteiger partial charge in [-0.15, -0.1) is 5.23 Å². The van der Waals surface area contributed by atoms with Gasteiger partial charge in [0.2, 0.25) is 0 Å². The second kappa shape index (κ2) is 3.23. The van der Waals surface area contributed by atoms with Crippen LogP contribution in [-0.4, -0.2) is 17.5 Å². The van der Waals surface area contributed by atoms with Crippen LogP contribution in [0, 0.1) is 0 Å². The molecule has 0 saturated heterocycles. The largest absolute Gasteiger partial charge is 0.386 e. The number of nitrogens with zero attached hydrogens (tertiary/aromatic N) is 1. The molecular formula is C7H10N2O2. The van der Waals surface area contributed by atoms with Crippen molar-refractivity contribution >= 4 is 11.4 Å². The summed E-state index contributed by atoms with van der Waals surface area (Å²) in [7, 11) is 1.71. The van der Waals surface area contributed by atoms with Crippen molar-refractivity contribution in [2.45, 2.75) is 0 Å². The third-order valence-corrected chi connectivity index (χ3v) is 1.39. The van der Waals surface area contributed by atoms with E-state index < -0.39 is 0 Å². The molecule has 0 radical (unpaired) electrons. The SMILES string of the molecule is CNc1ccccc1N(O)O. The fraction of sp³-hybridized carbons (Fsp3) is 0.143. The van der Waals surface area contributed by atoms with Crippen LogP contribution in [0.3, 0.4) is 0 Å². The molecule has 4 heteroatoms. The smallest absolute Gasteiger partial charge is 0.117 e. The summed E-state index contributed by atoms with van der Waals surface area (Å²) in [6.45, 7) is 0. The van der Waals surface area contributed by atoms with Crippen molar-refractivity contribution < 1.29 is 10.4 Å². The van der Waals surface area contributed by atoms with Crippen LogP contribution in [0.25, 0.3) is 0 Å². The normalized spacial score (nSPS) is 9.36. The van der Waals surface area contributed by atoms with E-state index in [0.29, 0.717) is 11.4 Å². The van der Waals surface area contributed by atoms with Gasteiger partial charge < -0.3 is 5.32 Å². The number of benzene rings is 1. The van der Waals surface area contributed by atoms with Gasteiger partial charge in [0.05, 0.1) is 5.69 Å². The molecule has 0 aliphatic rings. The predicted molar refractivity (Wildman–Crippen MR) is 42.0 cm³/mol. The quantitative estimate of drug-likeness (QED) is 0.562. The number of para-hydroxylation sites is 2. The number of hydrogen-bond acceptors (Lipinski definition) is 4. The lowest BCUT2D eigenvalue weighted by atomic mass is 10.3. The molecule has 0 heterocycles. The molecule has 0 unspecified atom stereocenters. The Balaban J connectivity index is 3.02. The topological polar surface area (TPSA) is 55.7 Å². The van der Waals surface area contributed by atoms with E-state index in [4.69, 9.17) is 10.4 Å². The molecule has 0 aliphatic heterocycles. The molecule has 0 fully saturated rings. The molecule has 1 rings (SSSR count). The van der Waals surface area contributed by atoms with E-state index in [9.17, 15) is 0 Å². The van der Waals surface area contributed by atoms with Gasteiger partial charge in [-0.3, -0.25) is 10.4 Å².